The fraction of sp³-hybridized carbons (Fsp3) is 0.320. The molecular formula is C25H26N4O2. The van der Waals surface area contributed by atoms with Crippen LogP contribution >= 0.6 is 0 Å². The van der Waals surface area contributed by atoms with Gasteiger partial charge in [0.25, 0.3) is 5.91 Å². The van der Waals surface area contributed by atoms with Crippen LogP contribution in [0.5, 0.6) is 5.75 Å². The maximum Gasteiger partial charge on any atom is 0.259 e. The third-order valence-electron chi connectivity index (χ3n) is 6.17. The van der Waals surface area contributed by atoms with Crippen molar-refractivity contribution in [1.82, 2.24) is 14.9 Å². The van der Waals surface area contributed by atoms with Gasteiger partial charge in [-0.05, 0) is 54.7 Å². The third kappa shape index (κ3) is 3.85. The van der Waals surface area contributed by atoms with Crippen molar-refractivity contribution < 1.29 is 9.53 Å². The molecule has 6 nitrogen and oxygen atoms in total. The van der Waals surface area contributed by atoms with Gasteiger partial charge in [0.05, 0.1) is 7.11 Å². The van der Waals surface area contributed by atoms with Gasteiger partial charge in [0.2, 0.25) is 0 Å². The summed E-state index contributed by atoms with van der Waals surface area (Å²) >= 11 is 0. The zero-order valence-electron chi connectivity index (χ0n) is 17.8. The van der Waals surface area contributed by atoms with Gasteiger partial charge >= 0.3 is 0 Å². The summed E-state index contributed by atoms with van der Waals surface area (Å²) in [6, 6.07) is 16.2. The highest BCUT2D eigenvalue weighted by atomic mass is 16.5. The van der Waals surface area contributed by atoms with Crippen molar-refractivity contribution in [3.63, 3.8) is 0 Å². The Labute approximate surface area is 182 Å². The molecule has 3 aromatic rings. The lowest BCUT2D eigenvalue weighted by Crippen LogP contribution is -2.35. The van der Waals surface area contributed by atoms with E-state index in [9.17, 15) is 4.79 Å². The Morgan fingerprint density at radius 2 is 1.71 bits per heavy atom. The van der Waals surface area contributed by atoms with Gasteiger partial charge in [0.1, 0.15) is 17.1 Å². The van der Waals surface area contributed by atoms with Crippen LogP contribution in [-0.4, -0.2) is 47.5 Å². The molecule has 0 unspecified atom stereocenters. The van der Waals surface area contributed by atoms with Crippen LogP contribution in [0.1, 0.15) is 34.3 Å². The standard InChI is InChI=1S/C25H26N4O2/c1-31-21-10-8-19(9-11-21)23-26-16-22(25(30)28-13-4-5-14-28)24(27-23)29-15-12-18-6-2-3-7-20(18)17-29/h2-3,6-11,16H,4-5,12-15,17H2,1H3. The summed E-state index contributed by atoms with van der Waals surface area (Å²) in [7, 11) is 1.65. The molecule has 1 fully saturated rings. The van der Waals surface area contributed by atoms with E-state index >= 15 is 0 Å². The van der Waals surface area contributed by atoms with Crippen LogP contribution in [0.25, 0.3) is 11.4 Å². The van der Waals surface area contributed by atoms with Crippen molar-refractivity contribution in [3.8, 4) is 17.1 Å². The van der Waals surface area contributed by atoms with Gasteiger partial charge in [0.15, 0.2) is 5.82 Å². The van der Waals surface area contributed by atoms with Gasteiger partial charge < -0.3 is 14.5 Å². The number of amides is 1. The van der Waals surface area contributed by atoms with E-state index in [1.165, 1.54) is 11.1 Å². The smallest absolute Gasteiger partial charge is 0.259 e. The van der Waals surface area contributed by atoms with Crippen LogP contribution in [0.15, 0.2) is 54.7 Å². The summed E-state index contributed by atoms with van der Waals surface area (Å²) in [5, 5.41) is 0. The summed E-state index contributed by atoms with van der Waals surface area (Å²) in [6.45, 7) is 3.19. The number of aromatic nitrogens is 2. The van der Waals surface area contributed by atoms with Gasteiger partial charge in [0, 0.05) is 37.9 Å². The first kappa shape index (κ1) is 19.5. The minimum absolute atomic E-state index is 0.0349. The molecule has 0 bridgehead atoms. The van der Waals surface area contributed by atoms with E-state index in [4.69, 9.17) is 9.72 Å². The van der Waals surface area contributed by atoms with Crippen molar-refractivity contribution >= 4 is 11.7 Å². The first-order valence-electron chi connectivity index (χ1n) is 10.9. The summed E-state index contributed by atoms with van der Waals surface area (Å²) < 4.78 is 5.27. The second-order valence-corrected chi connectivity index (χ2v) is 8.10. The largest absolute Gasteiger partial charge is 0.497 e. The Morgan fingerprint density at radius 3 is 2.45 bits per heavy atom. The molecule has 6 heteroatoms. The first-order valence-corrected chi connectivity index (χ1v) is 10.9. The first-order chi connectivity index (χ1) is 15.2. The second kappa shape index (κ2) is 8.38. The van der Waals surface area contributed by atoms with Crippen molar-refractivity contribution in [3.05, 3.63) is 71.4 Å². The molecule has 3 heterocycles. The molecule has 1 aromatic heterocycles. The molecule has 0 aliphatic carbocycles. The summed E-state index contributed by atoms with van der Waals surface area (Å²) in [4.78, 5) is 26.9. The summed E-state index contributed by atoms with van der Waals surface area (Å²) in [5.74, 6) is 2.17. The van der Waals surface area contributed by atoms with Crippen LogP contribution < -0.4 is 9.64 Å². The molecule has 0 atom stereocenters. The van der Waals surface area contributed by atoms with Gasteiger partial charge in [-0.25, -0.2) is 9.97 Å². The monoisotopic (exact) mass is 414 g/mol. The fourth-order valence-electron chi connectivity index (χ4n) is 4.41. The van der Waals surface area contributed by atoms with Crippen molar-refractivity contribution in [1.29, 1.82) is 0 Å². The van der Waals surface area contributed by atoms with E-state index in [-0.39, 0.29) is 5.91 Å². The number of hydrogen-bond donors (Lipinski definition) is 0. The van der Waals surface area contributed by atoms with Gasteiger partial charge in [-0.2, -0.15) is 0 Å². The van der Waals surface area contributed by atoms with E-state index in [2.05, 4.69) is 34.1 Å². The molecule has 0 saturated carbocycles. The average Bonchev–Trinajstić information content (AvgIpc) is 3.38. The van der Waals surface area contributed by atoms with Crippen LogP contribution in [0, 0.1) is 0 Å². The minimum Gasteiger partial charge on any atom is -0.497 e. The maximum absolute atomic E-state index is 13.3. The van der Waals surface area contributed by atoms with Crippen LogP contribution in [0.3, 0.4) is 0 Å². The normalized spacial score (nSPS) is 15.6. The lowest BCUT2D eigenvalue weighted by atomic mass is 9.99. The molecule has 158 valence electrons. The molecule has 2 aliphatic rings. The quantitative estimate of drug-likeness (QED) is 0.647. The molecule has 0 N–H and O–H groups in total. The molecule has 5 rings (SSSR count). The molecule has 1 amide bonds. The molecule has 31 heavy (non-hydrogen) atoms. The highest BCUT2D eigenvalue weighted by Crippen LogP contribution is 2.29. The van der Waals surface area contributed by atoms with Gasteiger partial charge in [-0.15, -0.1) is 0 Å². The Morgan fingerprint density at radius 1 is 0.968 bits per heavy atom. The molecule has 0 spiro atoms. The van der Waals surface area contributed by atoms with E-state index < -0.39 is 0 Å². The number of ether oxygens (including phenoxy) is 1. The molecule has 2 aromatic carbocycles. The summed E-state index contributed by atoms with van der Waals surface area (Å²) in [6.07, 6.45) is 4.77. The highest BCUT2D eigenvalue weighted by molar-refractivity contribution is 5.99. The number of rotatable bonds is 4. The van der Waals surface area contributed by atoms with Crippen molar-refractivity contribution in [2.24, 2.45) is 0 Å². The van der Waals surface area contributed by atoms with Crippen molar-refractivity contribution in [2.75, 3.05) is 31.6 Å². The summed E-state index contributed by atoms with van der Waals surface area (Å²) in [5.41, 5.74) is 4.16. The van der Waals surface area contributed by atoms with Crippen LogP contribution in [0.4, 0.5) is 5.82 Å². The Kier molecular flexibility index (Phi) is 5.28. The molecule has 1 saturated heterocycles. The predicted molar refractivity (Wildman–Crippen MR) is 120 cm³/mol. The van der Waals surface area contributed by atoms with E-state index in [0.29, 0.717) is 11.4 Å². The highest BCUT2D eigenvalue weighted by Gasteiger charge is 2.27. The minimum atomic E-state index is 0.0349. The number of methoxy groups -OCH3 is 1. The number of carbonyl (C=O) groups is 1. The predicted octanol–water partition coefficient (Wildman–Crippen LogP) is 3.95. The number of likely N-dealkylation sites (tertiary alicyclic amines) is 1. The SMILES string of the molecule is COc1ccc(-c2ncc(C(=O)N3CCCC3)c(N3CCc4ccccc4C3)n2)cc1. The number of hydrogen-bond acceptors (Lipinski definition) is 5. The Hall–Kier alpha value is -3.41. The van der Waals surface area contributed by atoms with Crippen molar-refractivity contribution in [2.45, 2.75) is 25.8 Å². The average molecular weight is 415 g/mol. The Balaban J connectivity index is 1.54. The van der Waals surface area contributed by atoms with Gasteiger partial charge in [-0.3, -0.25) is 4.79 Å². The topological polar surface area (TPSA) is 58.6 Å². The molecule has 2 aliphatic heterocycles. The van der Waals surface area contributed by atoms with Crippen LogP contribution in [-0.2, 0) is 13.0 Å². The lowest BCUT2D eigenvalue weighted by molar-refractivity contribution is 0.0792. The number of benzene rings is 2. The zero-order valence-corrected chi connectivity index (χ0v) is 17.8. The van der Waals surface area contributed by atoms with E-state index in [1.807, 2.05) is 29.2 Å². The van der Waals surface area contributed by atoms with E-state index in [1.54, 1.807) is 13.3 Å². The number of nitrogens with zero attached hydrogens (tertiary/aromatic N) is 4. The fourth-order valence-corrected chi connectivity index (χ4v) is 4.41. The van der Waals surface area contributed by atoms with Crippen LogP contribution in [0.2, 0.25) is 0 Å². The third-order valence-corrected chi connectivity index (χ3v) is 6.17. The van der Waals surface area contributed by atoms with Gasteiger partial charge in [-0.1, -0.05) is 24.3 Å². The van der Waals surface area contributed by atoms with E-state index in [0.717, 1.165) is 62.6 Å². The lowest BCUT2D eigenvalue weighted by Gasteiger charge is -2.31. The zero-order chi connectivity index (χ0) is 21.2. The number of anilines is 1. The number of fused-ring (bicyclic) bond motifs is 1. The Bertz CT molecular complexity index is 1090. The maximum atomic E-state index is 13.3. The molecular weight excluding hydrogens is 388 g/mol. The number of carbonyl (C=O) groups excluding carboxylic acids is 1. The second-order valence-electron chi connectivity index (χ2n) is 8.10. The molecule has 0 radical (unpaired) electrons.